The van der Waals surface area contributed by atoms with E-state index < -0.39 is 5.54 Å². The number of nitrogens with one attached hydrogen (secondary N) is 1. The number of hydrogen-bond acceptors (Lipinski definition) is 3. The van der Waals surface area contributed by atoms with Crippen LogP contribution in [0.1, 0.15) is 30.4 Å². The van der Waals surface area contributed by atoms with E-state index in [-0.39, 0.29) is 5.91 Å². The second-order valence-electron chi connectivity index (χ2n) is 5.83. The summed E-state index contributed by atoms with van der Waals surface area (Å²) in [4.78, 5) is 14.8. The van der Waals surface area contributed by atoms with Crippen LogP contribution >= 0.6 is 0 Å². The van der Waals surface area contributed by atoms with Crippen molar-refractivity contribution < 1.29 is 4.79 Å². The predicted octanol–water partition coefficient (Wildman–Crippen LogP) is 0.999. The molecular weight excluding hydrogens is 250 g/mol. The smallest absolute Gasteiger partial charge is 0.242 e. The van der Waals surface area contributed by atoms with Crippen molar-refractivity contribution in [1.29, 1.82) is 0 Å². The van der Waals surface area contributed by atoms with Gasteiger partial charge in [-0.25, -0.2) is 0 Å². The standard InChI is InChI=1S/C16H23N3O/c17-15(20)16(19-11-9-18-10-12-19)8-4-3-6-13-5-1-2-7-14(13)16/h1-2,5,7,18H,3-4,6,8-12H2,(H2,17,20). The van der Waals surface area contributed by atoms with Gasteiger partial charge in [-0.1, -0.05) is 30.7 Å². The van der Waals surface area contributed by atoms with Crippen LogP contribution in [-0.4, -0.2) is 37.0 Å². The average Bonchev–Trinajstić information content (AvgIpc) is 2.68. The lowest BCUT2D eigenvalue weighted by atomic mass is 9.81. The summed E-state index contributed by atoms with van der Waals surface area (Å²) in [7, 11) is 0. The van der Waals surface area contributed by atoms with Crippen molar-refractivity contribution >= 4 is 5.91 Å². The minimum atomic E-state index is -0.602. The molecule has 2 aliphatic rings. The van der Waals surface area contributed by atoms with Crippen molar-refractivity contribution in [2.45, 2.75) is 31.2 Å². The van der Waals surface area contributed by atoms with Gasteiger partial charge in [-0.3, -0.25) is 9.69 Å². The van der Waals surface area contributed by atoms with Crippen LogP contribution < -0.4 is 11.1 Å². The van der Waals surface area contributed by atoms with E-state index in [0.717, 1.165) is 57.4 Å². The van der Waals surface area contributed by atoms with Crippen molar-refractivity contribution in [3.8, 4) is 0 Å². The summed E-state index contributed by atoms with van der Waals surface area (Å²) >= 11 is 0. The van der Waals surface area contributed by atoms with Gasteiger partial charge in [0, 0.05) is 26.2 Å². The highest BCUT2D eigenvalue weighted by Crippen LogP contribution is 2.39. The second-order valence-corrected chi connectivity index (χ2v) is 5.83. The number of aryl methyl sites for hydroxylation is 1. The molecule has 1 aliphatic carbocycles. The molecule has 1 fully saturated rings. The molecule has 0 spiro atoms. The van der Waals surface area contributed by atoms with Crippen molar-refractivity contribution in [2.24, 2.45) is 5.73 Å². The van der Waals surface area contributed by atoms with E-state index in [4.69, 9.17) is 5.73 Å². The highest BCUT2D eigenvalue weighted by Gasteiger charge is 2.45. The van der Waals surface area contributed by atoms with E-state index in [1.165, 1.54) is 5.56 Å². The number of carbonyl (C=O) groups excluding carboxylic acids is 1. The molecule has 1 aliphatic heterocycles. The maximum absolute atomic E-state index is 12.5. The van der Waals surface area contributed by atoms with Crippen LogP contribution in [0.3, 0.4) is 0 Å². The molecule has 4 heteroatoms. The van der Waals surface area contributed by atoms with Gasteiger partial charge in [-0.15, -0.1) is 0 Å². The molecule has 1 saturated heterocycles. The Bertz CT molecular complexity index is 496. The van der Waals surface area contributed by atoms with Crippen molar-refractivity contribution in [1.82, 2.24) is 10.2 Å². The van der Waals surface area contributed by atoms with Crippen LogP contribution in [0, 0.1) is 0 Å². The summed E-state index contributed by atoms with van der Waals surface area (Å²) in [6.07, 6.45) is 4.09. The molecule has 4 nitrogen and oxygen atoms in total. The van der Waals surface area contributed by atoms with Gasteiger partial charge >= 0.3 is 0 Å². The molecule has 1 unspecified atom stereocenters. The molecule has 0 radical (unpaired) electrons. The van der Waals surface area contributed by atoms with Gasteiger partial charge in [0.15, 0.2) is 0 Å². The summed E-state index contributed by atoms with van der Waals surface area (Å²) < 4.78 is 0. The maximum Gasteiger partial charge on any atom is 0.242 e. The van der Waals surface area contributed by atoms with E-state index in [1.807, 2.05) is 6.07 Å². The number of carbonyl (C=O) groups is 1. The van der Waals surface area contributed by atoms with Crippen molar-refractivity contribution in [3.63, 3.8) is 0 Å². The third-order valence-electron chi connectivity index (χ3n) is 4.76. The summed E-state index contributed by atoms with van der Waals surface area (Å²) in [5.41, 5.74) is 7.75. The molecular formula is C16H23N3O. The first-order chi connectivity index (χ1) is 9.75. The minimum Gasteiger partial charge on any atom is -0.368 e. The van der Waals surface area contributed by atoms with E-state index in [9.17, 15) is 4.79 Å². The van der Waals surface area contributed by atoms with Gasteiger partial charge in [0.05, 0.1) is 0 Å². The molecule has 1 amide bonds. The minimum absolute atomic E-state index is 0.186. The van der Waals surface area contributed by atoms with Crippen LogP contribution in [0.4, 0.5) is 0 Å². The lowest BCUT2D eigenvalue weighted by Crippen LogP contribution is -2.60. The zero-order valence-electron chi connectivity index (χ0n) is 11.9. The first kappa shape index (κ1) is 13.6. The Balaban J connectivity index is 2.11. The Morgan fingerprint density at radius 2 is 1.95 bits per heavy atom. The van der Waals surface area contributed by atoms with Gasteiger partial charge in [0.1, 0.15) is 5.54 Å². The fourth-order valence-corrected chi connectivity index (χ4v) is 3.76. The number of fused-ring (bicyclic) bond motifs is 1. The van der Waals surface area contributed by atoms with Crippen LogP contribution in [0.25, 0.3) is 0 Å². The fourth-order valence-electron chi connectivity index (χ4n) is 3.76. The second kappa shape index (κ2) is 5.54. The zero-order valence-corrected chi connectivity index (χ0v) is 11.9. The third kappa shape index (κ3) is 2.13. The van der Waals surface area contributed by atoms with Gasteiger partial charge in [0.25, 0.3) is 0 Å². The Labute approximate surface area is 120 Å². The largest absolute Gasteiger partial charge is 0.368 e. The number of amides is 1. The van der Waals surface area contributed by atoms with Crippen molar-refractivity contribution in [2.75, 3.05) is 26.2 Å². The third-order valence-corrected chi connectivity index (χ3v) is 4.76. The van der Waals surface area contributed by atoms with E-state index in [2.05, 4.69) is 28.4 Å². The molecule has 1 aromatic rings. The van der Waals surface area contributed by atoms with Crippen LogP contribution in [-0.2, 0) is 16.8 Å². The fraction of sp³-hybridized carbons (Fsp3) is 0.562. The first-order valence-electron chi connectivity index (χ1n) is 7.59. The number of primary amides is 1. The van der Waals surface area contributed by atoms with E-state index in [0.29, 0.717) is 0 Å². The monoisotopic (exact) mass is 273 g/mol. The lowest BCUT2D eigenvalue weighted by molar-refractivity contribution is -0.132. The molecule has 3 N–H and O–H groups in total. The molecule has 3 rings (SSSR count). The Morgan fingerprint density at radius 1 is 1.20 bits per heavy atom. The number of rotatable bonds is 2. The molecule has 108 valence electrons. The van der Waals surface area contributed by atoms with Gasteiger partial charge in [0.2, 0.25) is 5.91 Å². The summed E-state index contributed by atoms with van der Waals surface area (Å²) in [6.45, 7) is 3.63. The highest BCUT2D eigenvalue weighted by molar-refractivity contribution is 5.86. The molecule has 20 heavy (non-hydrogen) atoms. The molecule has 1 aromatic carbocycles. The summed E-state index contributed by atoms with van der Waals surface area (Å²) in [5, 5.41) is 3.36. The number of piperazine rings is 1. The summed E-state index contributed by atoms with van der Waals surface area (Å²) in [6, 6.07) is 8.35. The molecule has 1 atom stereocenters. The number of nitrogens with zero attached hydrogens (tertiary/aromatic N) is 1. The quantitative estimate of drug-likeness (QED) is 0.790. The highest BCUT2D eigenvalue weighted by atomic mass is 16.1. The van der Waals surface area contributed by atoms with Crippen LogP contribution in [0.15, 0.2) is 24.3 Å². The first-order valence-corrected chi connectivity index (χ1v) is 7.59. The molecule has 0 bridgehead atoms. The topological polar surface area (TPSA) is 58.4 Å². The normalized spacial score (nSPS) is 27.6. The van der Waals surface area contributed by atoms with Gasteiger partial charge in [-0.2, -0.15) is 0 Å². The Hall–Kier alpha value is -1.39. The summed E-state index contributed by atoms with van der Waals surface area (Å²) in [5.74, 6) is -0.186. The van der Waals surface area contributed by atoms with Crippen LogP contribution in [0.5, 0.6) is 0 Å². The zero-order chi connectivity index (χ0) is 14.0. The van der Waals surface area contributed by atoms with Gasteiger partial charge < -0.3 is 11.1 Å². The number of hydrogen-bond donors (Lipinski definition) is 2. The lowest BCUT2D eigenvalue weighted by Gasteiger charge is -2.44. The van der Waals surface area contributed by atoms with Crippen molar-refractivity contribution in [3.05, 3.63) is 35.4 Å². The van der Waals surface area contributed by atoms with E-state index >= 15 is 0 Å². The Morgan fingerprint density at radius 3 is 2.70 bits per heavy atom. The molecule has 0 saturated carbocycles. The number of nitrogens with two attached hydrogens (primary N) is 1. The van der Waals surface area contributed by atoms with E-state index in [1.54, 1.807) is 0 Å². The SMILES string of the molecule is NC(=O)C1(N2CCNCC2)CCCCc2ccccc21. The average molecular weight is 273 g/mol. The van der Waals surface area contributed by atoms with Gasteiger partial charge in [-0.05, 0) is 30.4 Å². The molecule has 1 heterocycles. The van der Waals surface area contributed by atoms with Crippen LogP contribution in [0.2, 0.25) is 0 Å². The number of benzene rings is 1. The Kier molecular flexibility index (Phi) is 3.76. The maximum atomic E-state index is 12.5. The predicted molar refractivity (Wildman–Crippen MR) is 79.3 cm³/mol. The molecule has 0 aromatic heterocycles.